The second-order valence-electron chi connectivity index (χ2n) is 5.13. The van der Waals surface area contributed by atoms with Gasteiger partial charge in [-0.2, -0.15) is 0 Å². The highest BCUT2D eigenvalue weighted by Gasteiger charge is 2.13. The molecule has 0 bridgehead atoms. The van der Waals surface area contributed by atoms with E-state index in [1.54, 1.807) is 0 Å². The van der Waals surface area contributed by atoms with Gasteiger partial charge >= 0.3 is 0 Å². The number of imidazole rings is 1. The van der Waals surface area contributed by atoms with Crippen molar-refractivity contribution in [1.82, 2.24) is 14.9 Å². The summed E-state index contributed by atoms with van der Waals surface area (Å²) in [5, 5.41) is 3.47. The zero-order chi connectivity index (χ0) is 14.3. The number of nitrogens with zero attached hydrogens (tertiary/aromatic N) is 2. The lowest BCUT2D eigenvalue weighted by Gasteiger charge is -2.13. The molecule has 1 aromatic heterocycles. The number of hydrogen-bond donors (Lipinski definition) is 1. The Morgan fingerprint density at radius 3 is 3.10 bits per heavy atom. The molecule has 3 rings (SSSR count). The zero-order valence-corrected chi connectivity index (χ0v) is 12.1. The van der Waals surface area contributed by atoms with E-state index in [2.05, 4.69) is 20.9 Å². The molecule has 21 heavy (non-hydrogen) atoms. The quantitative estimate of drug-likeness (QED) is 0.828. The summed E-state index contributed by atoms with van der Waals surface area (Å²) in [6.45, 7) is 4.21. The summed E-state index contributed by atoms with van der Waals surface area (Å²) in [4.78, 5) is 4.04. The fraction of sp³-hybridized carbons (Fsp3) is 0.438. The first-order chi connectivity index (χ1) is 10.4. The van der Waals surface area contributed by atoms with Crippen molar-refractivity contribution in [2.24, 2.45) is 0 Å². The third-order valence-electron chi connectivity index (χ3n) is 3.50. The molecule has 5 heteroatoms. The molecule has 2 aromatic rings. The number of rotatable bonds is 6. The summed E-state index contributed by atoms with van der Waals surface area (Å²) in [5.41, 5.74) is 1.16. The molecule has 5 nitrogen and oxygen atoms in total. The van der Waals surface area contributed by atoms with Gasteiger partial charge in [-0.05, 0) is 19.0 Å². The average molecular weight is 287 g/mol. The van der Waals surface area contributed by atoms with Crippen LogP contribution < -0.4 is 14.8 Å². The van der Waals surface area contributed by atoms with E-state index in [1.807, 2.05) is 30.9 Å². The second-order valence-corrected chi connectivity index (χ2v) is 5.13. The number of fused-ring (bicyclic) bond motifs is 1. The summed E-state index contributed by atoms with van der Waals surface area (Å²) < 4.78 is 13.6. The van der Waals surface area contributed by atoms with Gasteiger partial charge in [0.25, 0.3) is 0 Å². The Kier molecular flexibility index (Phi) is 4.74. The summed E-state index contributed by atoms with van der Waals surface area (Å²) in [5.74, 6) is 1.77. The Labute approximate surface area is 124 Å². The summed E-state index contributed by atoms with van der Waals surface area (Å²) in [7, 11) is 0. The van der Waals surface area contributed by atoms with Gasteiger partial charge in [0.1, 0.15) is 0 Å². The van der Waals surface area contributed by atoms with E-state index >= 15 is 0 Å². The van der Waals surface area contributed by atoms with Crippen LogP contribution in [0.15, 0.2) is 36.9 Å². The van der Waals surface area contributed by atoms with E-state index in [0.29, 0.717) is 0 Å². The molecule has 112 valence electrons. The van der Waals surface area contributed by atoms with Crippen molar-refractivity contribution in [3.05, 3.63) is 42.5 Å². The van der Waals surface area contributed by atoms with E-state index < -0.39 is 0 Å². The largest absolute Gasteiger partial charge is 0.490 e. The lowest BCUT2D eigenvalue weighted by molar-refractivity contribution is 0.296. The van der Waals surface area contributed by atoms with Gasteiger partial charge in [-0.15, -0.1) is 0 Å². The first-order valence-electron chi connectivity index (χ1n) is 7.47. The minimum absolute atomic E-state index is 0.727. The lowest BCUT2D eigenvalue weighted by Crippen LogP contribution is -2.17. The maximum atomic E-state index is 5.82. The molecule has 0 amide bonds. The van der Waals surface area contributed by atoms with Gasteiger partial charge in [0.2, 0.25) is 0 Å². The molecule has 1 aromatic carbocycles. The Morgan fingerprint density at radius 1 is 1.24 bits per heavy atom. The molecular weight excluding hydrogens is 266 g/mol. The number of para-hydroxylation sites is 1. The molecule has 0 unspecified atom stereocenters. The van der Waals surface area contributed by atoms with Crippen LogP contribution in [-0.4, -0.2) is 29.3 Å². The lowest BCUT2D eigenvalue weighted by atomic mass is 10.2. The maximum Gasteiger partial charge on any atom is 0.165 e. The van der Waals surface area contributed by atoms with Crippen LogP contribution in [-0.2, 0) is 13.1 Å². The van der Waals surface area contributed by atoms with Crippen molar-refractivity contribution in [3.63, 3.8) is 0 Å². The van der Waals surface area contributed by atoms with Crippen molar-refractivity contribution in [3.8, 4) is 11.5 Å². The number of ether oxygens (including phenoxy) is 2. The molecule has 0 atom stereocenters. The summed E-state index contributed by atoms with van der Waals surface area (Å²) in [6, 6.07) is 6.09. The van der Waals surface area contributed by atoms with Gasteiger partial charge in [-0.3, -0.25) is 0 Å². The van der Waals surface area contributed by atoms with Crippen LogP contribution in [0.2, 0.25) is 0 Å². The molecular formula is C16H21N3O2. The van der Waals surface area contributed by atoms with Crippen LogP contribution in [0.5, 0.6) is 11.5 Å². The third-order valence-corrected chi connectivity index (χ3v) is 3.50. The van der Waals surface area contributed by atoms with Crippen molar-refractivity contribution in [2.45, 2.75) is 25.9 Å². The fourth-order valence-corrected chi connectivity index (χ4v) is 2.42. The Hall–Kier alpha value is -2.01. The minimum atomic E-state index is 0.727. The van der Waals surface area contributed by atoms with Gasteiger partial charge in [-0.25, -0.2) is 4.98 Å². The Balaban J connectivity index is 1.49. The predicted molar refractivity (Wildman–Crippen MR) is 80.6 cm³/mol. The third kappa shape index (κ3) is 3.76. The first-order valence-corrected chi connectivity index (χ1v) is 7.47. The van der Waals surface area contributed by atoms with Crippen molar-refractivity contribution in [1.29, 1.82) is 0 Å². The topological polar surface area (TPSA) is 48.3 Å². The van der Waals surface area contributed by atoms with Crippen LogP contribution in [0.4, 0.5) is 0 Å². The monoisotopic (exact) mass is 287 g/mol. The van der Waals surface area contributed by atoms with Crippen LogP contribution in [0.1, 0.15) is 18.4 Å². The number of aromatic nitrogens is 2. The van der Waals surface area contributed by atoms with E-state index in [1.165, 1.54) is 0 Å². The van der Waals surface area contributed by atoms with Gasteiger partial charge in [-0.1, -0.05) is 12.1 Å². The standard InChI is InChI=1S/C16H21N3O2/c1-4-14(16-15(5-1)20-10-3-11-21-16)12-17-6-2-8-19-9-7-18-13-19/h1,4-5,7,9,13,17H,2-3,6,8,10-12H2. The Morgan fingerprint density at radius 2 is 2.19 bits per heavy atom. The summed E-state index contributed by atoms with van der Waals surface area (Å²) >= 11 is 0. The normalized spacial score (nSPS) is 13.9. The van der Waals surface area contributed by atoms with E-state index in [0.717, 1.165) is 62.8 Å². The van der Waals surface area contributed by atoms with Crippen LogP contribution in [0.3, 0.4) is 0 Å². The molecule has 0 fully saturated rings. The molecule has 0 aliphatic carbocycles. The molecule has 0 saturated carbocycles. The summed E-state index contributed by atoms with van der Waals surface area (Å²) in [6.07, 6.45) is 7.66. The molecule has 0 radical (unpaired) electrons. The molecule has 0 saturated heterocycles. The second kappa shape index (κ2) is 7.13. The molecule has 0 spiro atoms. The highest BCUT2D eigenvalue weighted by atomic mass is 16.5. The zero-order valence-electron chi connectivity index (χ0n) is 12.1. The van der Waals surface area contributed by atoms with E-state index in [4.69, 9.17) is 9.47 Å². The van der Waals surface area contributed by atoms with Gasteiger partial charge in [0, 0.05) is 37.5 Å². The van der Waals surface area contributed by atoms with Crippen LogP contribution >= 0.6 is 0 Å². The molecule has 1 N–H and O–H groups in total. The highest BCUT2D eigenvalue weighted by molar-refractivity contribution is 5.46. The highest BCUT2D eigenvalue weighted by Crippen LogP contribution is 2.33. The van der Waals surface area contributed by atoms with Gasteiger partial charge in [0.15, 0.2) is 11.5 Å². The fourth-order valence-electron chi connectivity index (χ4n) is 2.42. The minimum Gasteiger partial charge on any atom is -0.490 e. The molecule has 1 aliphatic heterocycles. The number of benzene rings is 1. The Bertz CT molecular complexity index is 555. The van der Waals surface area contributed by atoms with Crippen LogP contribution in [0.25, 0.3) is 0 Å². The first kappa shape index (κ1) is 13.9. The number of hydrogen-bond acceptors (Lipinski definition) is 4. The van der Waals surface area contributed by atoms with Gasteiger partial charge in [0.05, 0.1) is 19.5 Å². The van der Waals surface area contributed by atoms with Crippen molar-refractivity contribution >= 4 is 0 Å². The van der Waals surface area contributed by atoms with Crippen molar-refractivity contribution in [2.75, 3.05) is 19.8 Å². The van der Waals surface area contributed by atoms with Gasteiger partial charge < -0.3 is 19.4 Å². The number of nitrogens with one attached hydrogen (secondary N) is 1. The average Bonchev–Trinajstić information content (AvgIpc) is 2.90. The molecule has 1 aliphatic rings. The van der Waals surface area contributed by atoms with Crippen molar-refractivity contribution < 1.29 is 9.47 Å². The van der Waals surface area contributed by atoms with E-state index in [9.17, 15) is 0 Å². The van der Waals surface area contributed by atoms with E-state index in [-0.39, 0.29) is 0 Å². The van der Waals surface area contributed by atoms with Crippen LogP contribution in [0, 0.1) is 0 Å². The SMILES string of the molecule is c1cc(CNCCCn2ccnc2)c2c(c1)OCCCO2. The maximum absolute atomic E-state index is 5.82. The number of aryl methyl sites for hydroxylation is 1. The molecule has 2 heterocycles. The predicted octanol–water partition coefficient (Wildman–Crippen LogP) is 2.22. The smallest absolute Gasteiger partial charge is 0.165 e.